The van der Waals surface area contributed by atoms with Crippen molar-refractivity contribution in [3.63, 3.8) is 0 Å². The van der Waals surface area contributed by atoms with Crippen LogP contribution in [0.15, 0.2) is 109 Å². The largest absolute Gasteiger partial charge is 0.508 e. The summed E-state index contributed by atoms with van der Waals surface area (Å²) in [5.41, 5.74) is 3.06. The molecule has 16 rings (SSSR count). The minimum Gasteiger partial charge on any atom is -0.508 e. The molecule has 44 nitrogen and oxygen atoms in total. The number of halogens is 3. The molecule has 7 aromatic carbocycles. The van der Waals surface area contributed by atoms with Gasteiger partial charge in [0.2, 0.25) is 71.5 Å². The highest BCUT2D eigenvalue weighted by atomic mass is 35.5. The van der Waals surface area contributed by atoms with Gasteiger partial charge in [-0.3, -0.25) is 43.2 Å². The van der Waals surface area contributed by atoms with Gasteiger partial charge in [0.1, 0.15) is 156 Å². The summed E-state index contributed by atoms with van der Waals surface area (Å²) in [5, 5.41) is 171. The number of ether oxygens (including phenoxy) is 10. The van der Waals surface area contributed by atoms with Crippen molar-refractivity contribution in [1.29, 1.82) is 0 Å². The highest BCUT2D eigenvalue weighted by Gasteiger charge is 2.54. The van der Waals surface area contributed by atoms with Gasteiger partial charge in [-0.05, 0) is 146 Å². The molecule has 47 heteroatoms. The summed E-state index contributed by atoms with van der Waals surface area (Å²) < 4.78 is 63.6. The summed E-state index contributed by atoms with van der Waals surface area (Å²) >= 11 is 22.0. The van der Waals surface area contributed by atoms with Crippen molar-refractivity contribution < 1.29 is 162 Å². The molecule has 9 heterocycles. The summed E-state index contributed by atoms with van der Waals surface area (Å²) in [4.78, 5) is 159. The number of likely N-dealkylation sites (N-methyl/N-ethyl adjacent to an activating group) is 1. The first kappa shape index (κ1) is 106. The summed E-state index contributed by atoms with van der Waals surface area (Å²) in [5.74, 6) is -20.5. The molecule has 3 fully saturated rings. The van der Waals surface area contributed by atoms with Crippen LogP contribution in [0.2, 0.25) is 15.1 Å². The van der Waals surface area contributed by atoms with E-state index in [0.717, 1.165) is 116 Å². The number of benzene rings is 7. The average molecular weight is 2050 g/mol. The second-order valence-electron chi connectivity index (χ2n) is 36.5. The third-order valence-corrected chi connectivity index (χ3v) is 26.3. The Hall–Kier alpha value is -12.3. The standard InChI is InChI=1S/C96H112Cl3N11O33/c1-39(2)14-11-9-8-10-12-15-65(117)103-74-79(121)81(123)85(93(132)133)143-95(74)142-84-61-31-45-32-62(84)137-58-23-19-44(29-52(58)98)83(141-94-73(101-40(3)112)78(120)76(118)63(37-111)139-94)75-91(130)107-72(92(131)110(6)25-13-24-109(4)5)49-33-46(113)34-60(138-96-82(124)80(122)77(119)64(140-96)38-134-7)66(49)48-28-43(18-20-54(48)114)69(88(127)108-75)104-89(128)70(45)105-90(129)71-50-35-47(36-56(116)67(50)99)135-59-30-42(17-21-55(59)115)68(100)87(126)102-53(86(125)106-71)27-41-16-22-57(136-61)51(97)26-41/h16-23,26,28-36,39,53,63-64,68-83,85,94-96,111,113-116,118-124H,8-15,24-25,27,37-38,100H2,1-7H3,(H,101,112)(H,102,126)(H,103,117)(H,104,128)(H,105,129)(H,106,125)(H,107,130)(H,108,127)(H,132,133)/t53-,63-,64-,68-,69-,70-,71+,72-,73-,74-,75+,76-,77-,78-,79-,80+,81+,82+,83-,85+,94+,95-,96+/m1/s1. The number of nitrogens with zero attached hydrogens (tertiary/aromatic N) is 2. The molecular formula is C96H112Cl3N11O33. The lowest BCUT2D eigenvalue weighted by Crippen LogP contribution is -2.66. The van der Waals surface area contributed by atoms with Gasteiger partial charge < -0.3 is 172 Å². The SMILES string of the molecule is COC[C@H]1O[C@H](Oc2cc(O)cc3c2-c2cc(ccc2O)[C@H]2NC(=O)[C@@H]4NC(=O)[C@H]5NC(=O)[C@@H](Cc6ccc(c(Cl)c6)Oc6cc4cc(c6O[C@@H]4O[C@H](C(=O)O)[C@@H](O)[C@H](O)[C@H]4NC(=O)CCCCCCCC(C)C)Oc4ccc(cc4Cl)[C@@H](O[C@@H]4O[C@H](CO)[C@@H](O)[C@H](O)[C@H]4NC(C)=O)[C@H](NC2=O)C(=O)N[C@H]3C(=O)N(C)CCCN(C)C)NC(=O)[C@H](N)c2ccc(O)c(c2)Oc2cc(O)c(Cl)c5c2)[C@@H](O)[C@@H](O)[C@@H]1O. The minimum absolute atomic E-state index is 0.00262. The molecule has 9 aliphatic heterocycles. The number of amides is 9. The number of aliphatic hydroxyl groups is 8. The number of aliphatic carboxylic acids is 1. The number of carboxylic acids is 1. The zero-order valence-corrected chi connectivity index (χ0v) is 80.3. The molecule has 0 saturated carbocycles. The maximum absolute atomic E-state index is 17.3. The van der Waals surface area contributed by atoms with Crippen molar-refractivity contribution in [2.45, 2.75) is 219 Å². The summed E-state index contributed by atoms with van der Waals surface area (Å²) in [6.45, 7) is 3.86. The smallest absolute Gasteiger partial charge is 0.335 e. The fraction of sp³-hybridized carbons (Fsp3) is 0.458. The monoisotopic (exact) mass is 2050 g/mol. The van der Waals surface area contributed by atoms with Crippen LogP contribution in [0, 0.1) is 5.92 Å². The Kier molecular flexibility index (Phi) is 34.1. The van der Waals surface area contributed by atoms with E-state index in [9.17, 15) is 85.6 Å². The Morgan fingerprint density at radius 3 is 1.83 bits per heavy atom. The van der Waals surface area contributed by atoms with Crippen LogP contribution in [-0.2, 0) is 78.1 Å². The van der Waals surface area contributed by atoms with Gasteiger partial charge in [0, 0.05) is 69.3 Å². The van der Waals surface area contributed by atoms with E-state index in [1.54, 1.807) is 19.0 Å². The number of carboxylic acid groups (broad SMARTS) is 1. The number of aliphatic hydroxyl groups excluding tert-OH is 8. The molecule has 770 valence electrons. The number of aromatic hydroxyl groups is 4. The van der Waals surface area contributed by atoms with Gasteiger partial charge in [0.25, 0.3) is 0 Å². The molecule has 0 radical (unpaired) electrons. The number of carbonyl (C=O) groups is 10. The predicted octanol–water partition coefficient (Wildman–Crippen LogP) is 3.13. The van der Waals surface area contributed by atoms with Crippen LogP contribution in [0.1, 0.15) is 147 Å². The first-order valence-electron chi connectivity index (χ1n) is 45.9. The summed E-state index contributed by atoms with van der Waals surface area (Å²) in [7, 11) is 6.05. The number of rotatable bonds is 25. The molecule has 0 aromatic heterocycles. The Morgan fingerprint density at radius 1 is 0.538 bits per heavy atom. The number of unbranched alkanes of at least 4 members (excludes halogenated alkanes) is 4. The first-order valence-corrected chi connectivity index (χ1v) is 47.0. The number of hydrogen-bond acceptors (Lipinski definition) is 34. The van der Waals surface area contributed by atoms with E-state index >= 15 is 28.8 Å². The summed E-state index contributed by atoms with van der Waals surface area (Å²) in [6, 6.07) is -0.275. The van der Waals surface area contributed by atoms with Crippen LogP contribution in [-0.4, -0.2) is 294 Å². The van der Waals surface area contributed by atoms with E-state index in [0.29, 0.717) is 18.9 Å². The number of carbonyl (C=O) groups excluding carboxylic acids is 9. The Balaban J connectivity index is 1.06. The van der Waals surface area contributed by atoms with E-state index in [1.807, 2.05) is 0 Å². The highest BCUT2D eigenvalue weighted by molar-refractivity contribution is 6.33. The third kappa shape index (κ3) is 24.0. The lowest BCUT2D eigenvalue weighted by Gasteiger charge is -2.44. The Bertz CT molecular complexity index is 5950. The molecule has 0 aliphatic carbocycles. The Morgan fingerprint density at radius 2 is 1.15 bits per heavy atom. The van der Waals surface area contributed by atoms with Crippen LogP contribution >= 0.6 is 34.8 Å². The van der Waals surface area contributed by atoms with Gasteiger partial charge >= 0.3 is 5.97 Å². The molecule has 9 amide bonds. The van der Waals surface area contributed by atoms with Crippen LogP contribution in [0.25, 0.3) is 11.1 Å². The van der Waals surface area contributed by atoms with Crippen molar-refractivity contribution >= 4 is 93.9 Å². The molecule has 23 atom stereocenters. The van der Waals surface area contributed by atoms with Gasteiger partial charge in [-0.25, -0.2) is 4.79 Å². The average Bonchev–Trinajstić information content (AvgIpc) is 0.751. The molecule has 143 heavy (non-hydrogen) atoms. The maximum atomic E-state index is 17.3. The summed E-state index contributed by atoms with van der Waals surface area (Å²) in [6.07, 6.45) is -25.9. The van der Waals surface area contributed by atoms with Gasteiger partial charge in [-0.1, -0.05) is 105 Å². The minimum atomic E-state index is -2.59. The van der Waals surface area contributed by atoms with Crippen molar-refractivity contribution in [2.24, 2.45) is 11.7 Å². The topological polar surface area (TPSA) is 655 Å². The third-order valence-electron chi connectivity index (χ3n) is 25.3. The molecular weight excluding hydrogens is 1940 g/mol. The van der Waals surface area contributed by atoms with Crippen molar-refractivity contribution in [3.8, 4) is 80.1 Å². The van der Waals surface area contributed by atoms with E-state index < -0.39 is 332 Å². The Labute approximate surface area is 832 Å². The molecule has 9 aliphatic rings. The molecule has 7 aromatic rings. The molecule has 23 N–H and O–H groups in total. The van der Waals surface area contributed by atoms with Gasteiger partial charge in [0.05, 0.1) is 28.3 Å². The number of nitrogens with one attached hydrogen (secondary N) is 8. The lowest BCUT2D eigenvalue weighted by atomic mass is 9.89. The van der Waals surface area contributed by atoms with Crippen LogP contribution in [0.4, 0.5) is 0 Å². The second-order valence-corrected chi connectivity index (χ2v) is 37.7. The number of phenols is 4. The molecule has 0 unspecified atom stereocenters. The number of hydrogen-bond donors (Lipinski definition) is 22. The number of fused-ring (bicyclic) bond motifs is 14. The van der Waals surface area contributed by atoms with E-state index in [2.05, 4.69) is 56.4 Å². The zero-order chi connectivity index (χ0) is 103. The fourth-order valence-corrected chi connectivity index (χ4v) is 18.5. The van der Waals surface area contributed by atoms with Gasteiger partial charge in [-0.2, -0.15) is 0 Å². The number of methoxy groups -OCH3 is 1. The quantitative estimate of drug-likeness (QED) is 0.0365. The van der Waals surface area contributed by atoms with Gasteiger partial charge in [-0.15, -0.1) is 0 Å². The van der Waals surface area contributed by atoms with Crippen LogP contribution < -0.4 is 72.0 Å². The van der Waals surface area contributed by atoms with Gasteiger partial charge in [0.15, 0.2) is 35.4 Å². The molecule has 0 spiro atoms. The van der Waals surface area contributed by atoms with E-state index in [4.69, 9.17) is 87.9 Å². The van der Waals surface area contributed by atoms with Crippen molar-refractivity contribution in [2.75, 3.05) is 54.6 Å². The molecule has 3 saturated heterocycles. The fourth-order valence-electron chi connectivity index (χ4n) is 17.8. The highest BCUT2D eigenvalue weighted by Crippen LogP contribution is 2.52. The zero-order valence-electron chi connectivity index (χ0n) is 78.0. The number of nitrogens with two attached hydrogens (primary N) is 1. The normalized spacial score (nSPS) is 27.6. The van der Waals surface area contributed by atoms with Crippen LogP contribution in [0.3, 0.4) is 0 Å². The lowest BCUT2D eigenvalue weighted by molar-refractivity contribution is -0.284. The maximum Gasteiger partial charge on any atom is 0.335 e. The number of phenolic OH excluding ortho intramolecular Hbond substituents is 4. The second kappa shape index (κ2) is 45.8. The molecule has 17 bridgehead atoms. The van der Waals surface area contributed by atoms with E-state index in [1.165, 1.54) is 44.5 Å². The van der Waals surface area contributed by atoms with Crippen molar-refractivity contribution in [3.05, 3.63) is 163 Å². The van der Waals surface area contributed by atoms with Crippen molar-refractivity contribution in [1.82, 2.24) is 52.3 Å². The predicted molar refractivity (Wildman–Crippen MR) is 501 cm³/mol. The first-order chi connectivity index (χ1) is 68.0. The van der Waals surface area contributed by atoms with Crippen LogP contribution in [0.5, 0.6) is 69.0 Å². The van der Waals surface area contributed by atoms with E-state index in [-0.39, 0.29) is 47.5 Å².